The van der Waals surface area contributed by atoms with Crippen molar-refractivity contribution in [1.82, 2.24) is 4.98 Å². The number of carbonyl (C=O) groups is 4. The summed E-state index contributed by atoms with van der Waals surface area (Å²) in [5.41, 5.74) is 4.06. The first kappa shape index (κ1) is 27.3. The maximum absolute atomic E-state index is 13.5. The quantitative estimate of drug-likeness (QED) is 0.119. The molecule has 0 radical (unpaired) electrons. The molecule has 42 heavy (non-hydrogen) atoms. The predicted octanol–water partition coefficient (Wildman–Crippen LogP) is 6.34. The highest BCUT2D eigenvalue weighted by Gasteiger charge is 2.50. The SMILES string of the molecule is Cc1ccc2nc(-c3ccc(N4C(=O)[C@H]5[C@H](C)C=CC[C@H]5C4=O)cc3)cc(C(=O)O[C@@H](C)C(=O)c3ccccc3)c2c1. The molecule has 6 rings (SSSR count). The second kappa shape index (κ2) is 10.8. The van der Waals surface area contributed by atoms with Gasteiger partial charge >= 0.3 is 5.97 Å². The molecule has 0 N–H and O–H groups in total. The summed E-state index contributed by atoms with van der Waals surface area (Å²) in [5.74, 6) is -1.90. The zero-order valence-electron chi connectivity index (χ0n) is 23.6. The lowest BCUT2D eigenvalue weighted by Gasteiger charge is -2.22. The predicted molar refractivity (Wildman–Crippen MR) is 160 cm³/mol. The van der Waals surface area contributed by atoms with E-state index in [2.05, 4.69) is 0 Å². The van der Waals surface area contributed by atoms with Crippen LogP contribution in [0.15, 0.2) is 91.0 Å². The van der Waals surface area contributed by atoms with Crippen molar-refractivity contribution in [2.24, 2.45) is 17.8 Å². The third kappa shape index (κ3) is 4.81. The zero-order valence-corrected chi connectivity index (χ0v) is 23.6. The average molecular weight is 559 g/mol. The number of hydrogen-bond acceptors (Lipinski definition) is 6. The first-order chi connectivity index (χ1) is 20.2. The van der Waals surface area contributed by atoms with E-state index in [-0.39, 0.29) is 35.4 Å². The van der Waals surface area contributed by atoms with E-state index in [1.807, 2.05) is 50.3 Å². The van der Waals surface area contributed by atoms with Gasteiger partial charge in [0.2, 0.25) is 17.6 Å². The molecular formula is C35H30N2O5. The molecule has 1 fully saturated rings. The summed E-state index contributed by atoms with van der Waals surface area (Å²) in [6.07, 6.45) is 3.58. The second-order valence-corrected chi connectivity index (χ2v) is 11.1. The number of ketones is 1. The summed E-state index contributed by atoms with van der Waals surface area (Å²) in [5, 5.41) is 0.623. The molecule has 3 aromatic carbocycles. The van der Waals surface area contributed by atoms with Crippen molar-refractivity contribution >= 4 is 40.2 Å². The zero-order chi connectivity index (χ0) is 29.5. The fraction of sp³-hybridized carbons (Fsp3) is 0.229. The van der Waals surface area contributed by atoms with Gasteiger partial charge in [0, 0.05) is 16.5 Å². The Morgan fingerprint density at radius 1 is 0.952 bits per heavy atom. The van der Waals surface area contributed by atoms with Crippen LogP contribution in [0.1, 0.15) is 46.5 Å². The minimum absolute atomic E-state index is 0.0128. The van der Waals surface area contributed by atoms with E-state index in [0.29, 0.717) is 45.4 Å². The minimum atomic E-state index is -0.979. The normalized spacial score (nSPS) is 20.5. The van der Waals surface area contributed by atoms with Crippen molar-refractivity contribution in [2.45, 2.75) is 33.3 Å². The van der Waals surface area contributed by atoms with Gasteiger partial charge in [-0.1, -0.05) is 73.2 Å². The van der Waals surface area contributed by atoms with Gasteiger partial charge in [-0.05, 0) is 56.5 Å². The van der Waals surface area contributed by atoms with E-state index in [9.17, 15) is 19.2 Å². The Hall–Kier alpha value is -4.91. The summed E-state index contributed by atoms with van der Waals surface area (Å²) in [4.78, 5) is 58.8. The van der Waals surface area contributed by atoms with Crippen LogP contribution in [0.2, 0.25) is 0 Å². The molecule has 7 nitrogen and oxygen atoms in total. The van der Waals surface area contributed by atoms with Gasteiger partial charge in [0.05, 0.1) is 34.3 Å². The summed E-state index contributed by atoms with van der Waals surface area (Å²) in [6.45, 7) is 5.46. The summed E-state index contributed by atoms with van der Waals surface area (Å²) in [7, 11) is 0. The summed E-state index contributed by atoms with van der Waals surface area (Å²) >= 11 is 0. The van der Waals surface area contributed by atoms with Gasteiger partial charge in [-0.3, -0.25) is 19.3 Å². The number of anilines is 1. The standard InChI is InChI=1S/C35H30N2O5/c1-20-12-17-29-27(18-20)28(35(41)42-22(3)32(38)24-9-5-4-6-10-24)19-30(36-29)23-13-15-25(16-14-23)37-33(39)26-11-7-8-21(2)31(26)34(37)40/h4-10,12-19,21-22,26,31H,11H2,1-3H3/t21-,22+,26-,31+/m1/s1. The number of nitrogens with zero attached hydrogens (tertiary/aromatic N) is 2. The van der Waals surface area contributed by atoms with E-state index < -0.39 is 12.1 Å². The number of hydrogen-bond donors (Lipinski definition) is 0. The van der Waals surface area contributed by atoms with Gasteiger partial charge in [-0.25, -0.2) is 9.78 Å². The van der Waals surface area contributed by atoms with Crippen molar-refractivity contribution in [3.8, 4) is 11.3 Å². The van der Waals surface area contributed by atoms with Crippen LogP contribution in [0, 0.1) is 24.7 Å². The second-order valence-electron chi connectivity index (χ2n) is 11.1. The Kier molecular flexibility index (Phi) is 7.02. The lowest BCUT2D eigenvalue weighted by molar-refractivity contribution is -0.122. The molecule has 4 aromatic rings. The summed E-state index contributed by atoms with van der Waals surface area (Å²) < 4.78 is 5.65. The van der Waals surface area contributed by atoms with Crippen molar-refractivity contribution in [1.29, 1.82) is 0 Å². The Morgan fingerprint density at radius 3 is 2.40 bits per heavy atom. The molecule has 0 bridgehead atoms. The molecule has 2 aliphatic rings. The smallest absolute Gasteiger partial charge is 0.339 e. The average Bonchev–Trinajstić information content (AvgIpc) is 3.26. The lowest BCUT2D eigenvalue weighted by Crippen LogP contribution is -2.31. The molecule has 1 saturated heterocycles. The largest absolute Gasteiger partial charge is 0.451 e. The lowest BCUT2D eigenvalue weighted by atomic mass is 9.78. The number of esters is 1. The highest BCUT2D eigenvalue weighted by atomic mass is 16.5. The number of benzene rings is 3. The molecule has 0 spiro atoms. The Bertz CT molecular complexity index is 1760. The molecule has 7 heteroatoms. The number of allylic oxidation sites excluding steroid dienone is 2. The maximum Gasteiger partial charge on any atom is 0.339 e. The van der Waals surface area contributed by atoms with E-state index in [1.165, 1.54) is 4.90 Å². The van der Waals surface area contributed by atoms with Crippen LogP contribution in [0.25, 0.3) is 22.2 Å². The van der Waals surface area contributed by atoms with Gasteiger partial charge in [0.1, 0.15) is 0 Å². The Morgan fingerprint density at radius 2 is 1.69 bits per heavy atom. The van der Waals surface area contributed by atoms with Gasteiger partial charge in [-0.2, -0.15) is 0 Å². The first-order valence-electron chi connectivity index (χ1n) is 14.1. The number of aromatic nitrogens is 1. The van der Waals surface area contributed by atoms with E-state index in [0.717, 1.165) is 5.56 Å². The van der Waals surface area contributed by atoms with Crippen LogP contribution in [-0.2, 0) is 14.3 Å². The number of ether oxygens (including phenoxy) is 1. The topological polar surface area (TPSA) is 93.6 Å². The van der Waals surface area contributed by atoms with Gasteiger partial charge < -0.3 is 4.74 Å². The number of pyridine rings is 1. The maximum atomic E-state index is 13.5. The van der Waals surface area contributed by atoms with E-state index in [4.69, 9.17) is 9.72 Å². The fourth-order valence-corrected chi connectivity index (χ4v) is 5.95. The molecule has 2 amide bonds. The van der Waals surface area contributed by atoms with Crippen molar-refractivity contribution in [2.75, 3.05) is 4.90 Å². The molecule has 1 aromatic heterocycles. The van der Waals surface area contributed by atoms with E-state index in [1.54, 1.807) is 61.5 Å². The number of amides is 2. The van der Waals surface area contributed by atoms with Crippen molar-refractivity contribution in [3.05, 3.63) is 108 Å². The summed E-state index contributed by atoms with van der Waals surface area (Å²) in [6, 6.07) is 23.1. The molecular weight excluding hydrogens is 528 g/mol. The van der Waals surface area contributed by atoms with Crippen LogP contribution in [0.4, 0.5) is 5.69 Å². The van der Waals surface area contributed by atoms with E-state index >= 15 is 0 Å². The molecule has 0 saturated carbocycles. The molecule has 2 heterocycles. The number of imide groups is 1. The molecule has 1 aliphatic carbocycles. The van der Waals surface area contributed by atoms with Crippen LogP contribution in [-0.4, -0.2) is 34.7 Å². The number of carbonyl (C=O) groups excluding carboxylic acids is 4. The van der Waals surface area contributed by atoms with Crippen LogP contribution in [0.5, 0.6) is 0 Å². The van der Waals surface area contributed by atoms with Gasteiger partial charge in [-0.15, -0.1) is 0 Å². The molecule has 1 aliphatic heterocycles. The monoisotopic (exact) mass is 558 g/mol. The highest BCUT2D eigenvalue weighted by molar-refractivity contribution is 6.22. The molecule has 210 valence electrons. The number of Topliss-reactive ketones (excluding diaryl/α,β-unsaturated/α-hetero) is 1. The van der Waals surface area contributed by atoms with Crippen molar-refractivity contribution in [3.63, 3.8) is 0 Å². The fourth-order valence-electron chi connectivity index (χ4n) is 5.95. The number of fused-ring (bicyclic) bond motifs is 2. The third-order valence-electron chi connectivity index (χ3n) is 8.19. The number of rotatable bonds is 6. The van der Waals surface area contributed by atoms with Gasteiger partial charge in [0.25, 0.3) is 0 Å². The first-order valence-corrected chi connectivity index (χ1v) is 14.1. The minimum Gasteiger partial charge on any atom is -0.451 e. The highest BCUT2D eigenvalue weighted by Crippen LogP contribution is 2.40. The van der Waals surface area contributed by atoms with Crippen LogP contribution >= 0.6 is 0 Å². The van der Waals surface area contributed by atoms with Crippen LogP contribution < -0.4 is 4.90 Å². The molecule has 0 unspecified atom stereocenters. The Labute approximate surface area is 243 Å². The number of aryl methyl sites for hydroxylation is 1. The van der Waals surface area contributed by atoms with Crippen molar-refractivity contribution < 1.29 is 23.9 Å². The van der Waals surface area contributed by atoms with Gasteiger partial charge in [0.15, 0.2) is 6.10 Å². The van der Waals surface area contributed by atoms with Crippen LogP contribution in [0.3, 0.4) is 0 Å². The Balaban J connectivity index is 1.31. The molecule has 4 atom stereocenters. The third-order valence-corrected chi connectivity index (χ3v) is 8.19.